The standard InChI is InChI=1S/C13H30N2O4.H4NO2P/c1-5-14(6-2)12(19-15(7-3)8-4)13(9-16,10-17)11-18;1-4(2)3/h12,16-18H,5-11H2,1-4H3;2-3H,1H2. The Morgan fingerprint density at radius 1 is 0.913 bits per heavy atom. The second-order valence-corrected chi connectivity index (χ2v) is 5.59. The van der Waals surface area contributed by atoms with Crippen LogP contribution in [-0.2, 0) is 4.84 Å². The van der Waals surface area contributed by atoms with Crippen LogP contribution >= 0.6 is 8.53 Å². The third kappa shape index (κ3) is 9.21. The maximum absolute atomic E-state index is 9.60. The topological polar surface area (TPSA) is 143 Å². The van der Waals surface area contributed by atoms with Gasteiger partial charge in [-0.25, -0.2) is 0 Å². The number of hydroxylamine groups is 2. The van der Waals surface area contributed by atoms with Crippen LogP contribution in [0.25, 0.3) is 0 Å². The number of aliphatic hydroxyl groups excluding tert-OH is 3. The molecule has 142 valence electrons. The fraction of sp³-hybridized carbons (Fsp3) is 1.00. The van der Waals surface area contributed by atoms with Crippen LogP contribution in [0.1, 0.15) is 27.7 Å². The van der Waals surface area contributed by atoms with Crippen LogP contribution in [0.5, 0.6) is 0 Å². The predicted octanol–water partition coefficient (Wildman–Crippen LogP) is -0.952. The maximum atomic E-state index is 9.60. The van der Waals surface area contributed by atoms with Crippen LogP contribution in [0.2, 0.25) is 0 Å². The van der Waals surface area contributed by atoms with Gasteiger partial charge in [0.2, 0.25) is 8.53 Å². The molecule has 0 aromatic heterocycles. The smallest absolute Gasteiger partial charge is 0.247 e. The minimum absolute atomic E-state index is 0.331. The van der Waals surface area contributed by atoms with Gasteiger partial charge in [0.25, 0.3) is 0 Å². The highest BCUT2D eigenvalue weighted by Crippen LogP contribution is 2.27. The summed E-state index contributed by atoms with van der Waals surface area (Å²) < 4.78 is 0. The van der Waals surface area contributed by atoms with E-state index in [9.17, 15) is 15.3 Å². The summed E-state index contributed by atoms with van der Waals surface area (Å²) >= 11 is 0. The molecule has 0 rings (SSSR count). The van der Waals surface area contributed by atoms with Crippen molar-refractivity contribution >= 4 is 8.53 Å². The van der Waals surface area contributed by atoms with Crippen molar-refractivity contribution in [2.45, 2.75) is 33.9 Å². The summed E-state index contributed by atoms with van der Waals surface area (Å²) in [7, 11) is -2.12. The lowest BCUT2D eigenvalue weighted by Crippen LogP contribution is -2.57. The Morgan fingerprint density at radius 3 is 1.48 bits per heavy atom. The third-order valence-corrected chi connectivity index (χ3v) is 3.57. The summed E-state index contributed by atoms with van der Waals surface area (Å²) in [4.78, 5) is 22.8. The Morgan fingerprint density at radius 2 is 1.26 bits per heavy atom. The molecular formula is C13H34N3O6P. The van der Waals surface area contributed by atoms with Crippen molar-refractivity contribution in [1.29, 1.82) is 0 Å². The molecular weight excluding hydrogens is 325 g/mol. The van der Waals surface area contributed by atoms with Crippen LogP contribution in [-0.4, -0.2) is 87.3 Å². The molecule has 0 saturated carbocycles. The molecule has 7 N–H and O–H groups in total. The first-order valence-electron chi connectivity index (χ1n) is 7.73. The quantitative estimate of drug-likeness (QED) is 0.156. The van der Waals surface area contributed by atoms with Gasteiger partial charge in [0.05, 0.1) is 25.2 Å². The van der Waals surface area contributed by atoms with E-state index in [1.54, 1.807) is 5.06 Å². The van der Waals surface area contributed by atoms with E-state index in [1.165, 1.54) is 0 Å². The maximum Gasteiger partial charge on any atom is 0.247 e. The fourth-order valence-electron chi connectivity index (χ4n) is 2.02. The van der Waals surface area contributed by atoms with Crippen molar-refractivity contribution < 1.29 is 29.9 Å². The summed E-state index contributed by atoms with van der Waals surface area (Å²) in [6.45, 7) is 9.75. The Balaban J connectivity index is 0. The summed E-state index contributed by atoms with van der Waals surface area (Å²) in [5, 5.41) is 30.6. The number of rotatable bonds is 11. The zero-order valence-corrected chi connectivity index (χ0v) is 15.5. The van der Waals surface area contributed by atoms with Gasteiger partial charge < -0.3 is 25.1 Å². The van der Waals surface area contributed by atoms with E-state index in [0.717, 1.165) is 0 Å². The Bertz CT molecular complexity index is 253. The molecule has 0 aliphatic carbocycles. The van der Waals surface area contributed by atoms with Gasteiger partial charge in [-0.05, 0) is 13.1 Å². The zero-order chi connectivity index (χ0) is 18.5. The van der Waals surface area contributed by atoms with Crippen molar-refractivity contribution in [2.24, 2.45) is 10.9 Å². The van der Waals surface area contributed by atoms with E-state index in [-0.39, 0.29) is 19.8 Å². The summed E-state index contributed by atoms with van der Waals surface area (Å²) in [5.41, 5.74) is 3.21. The number of hydrogen-bond acceptors (Lipinski definition) is 9. The Labute approximate surface area is 140 Å². The minimum atomic E-state index is -2.12. The molecule has 0 aliphatic heterocycles. The monoisotopic (exact) mass is 359 g/mol. The van der Waals surface area contributed by atoms with Crippen LogP contribution in [0.3, 0.4) is 0 Å². The molecule has 9 nitrogen and oxygen atoms in total. The highest BCUT2D eigenvalue weighted by Gasteiger charge is 2.42. The van der Waals surface area contributed by atoms with Crippen molar-refractivity contribution in [2.75, 3.05) is 46.0 Å². The highest BCUT2D eigenvalue weighted by atomic mass is 31.2. The molecule has 0 aromatic carbocycles. The normalized spacial score (nSPS) is 13.4. The molecule has 0 heterocycles. The molecule has 0 bridgehead atoms. The molecule has 1 unspecified atom stereocenters. The molecule has 0 saturated heterocycles. The second-order valence-electron chi connectivity index (χ2n) is 4.95. The van der Waals surface area contributed by atoms with E-state index in [1.807, 2.05) is 32.6 Å². The van der Waals surface area contributed by atoms with Gasteiger partial charge >= 0.3 is 0 Å². The van der Waals surface area contributed by atoms with Crippen molar-refractivity contribution in [3.63, 3.8) is 0 Å². The second kappa shape index (κ2) is 14.4. The molecule has 1 atom stereocenters. The van der Waals surface area contributed by atoms with Gasteiger partial charge in [-0.2, -0.15) is 5.06 Å². The number of hydrogen-bond donors (Lipinski definition) is 6. The van der Waals surface area contributed by atoms with Gasteiger partial charge in [0.1, 0.15) is 6.23 Å². The zero-order valence-electron chi connectivity index (χ0n) is 14.6. The summed E-state index contributed by atoms with van der Waals surface area (Å²) in [5.74, 6) is 0. The molecule has 0 radical (unpaired) electrons. The molecule has 0 spiro atoms. The van der Waals surface area contributed by atoms with E-state index < -0.39 is 20.2 Å². The lowest BCUT2D eigenvalue weighted by atomic mass is 9.88. The number of aliphatic hydroxyl groups is 3. The van der Waals surface area contributed by atoms with E-state index >= 15 is 0 Å². The Hall–Kier alpha value is 0.0700. The van der Waals surface area contributed by atoms with Crippen LogP contribution in [0, 0.1) is 5.41 Å². The highest BCUT2D eigenvalue weighted by molar-refractivity contribution is 7.42. The fourth-order valence-corrected chi connectivity index (χ4v) is 2.02. The van der Waals surface area contributed by atoms with Gasteiger partial charge in [-0.3, -0.25) is 15.2 Å². The van der Waals surface area contributed by atoms with Gasteiger partial charge in [-0.1, -0.05) is 27.7 Å². The summed E-state index contributed by atoms with van der Waals surface area (Å²) in [6, 6.07) is 0. The van der Waals surface area contributed by atoms with Crippen molar-refractivity contribution in [1.82, 2.24) is 9.96 Å². The molecule has 10 heteroatoms. The first-order chi connectivity index (χ1) is 10.8. The van der Waals surface area contributed by atoms with E-state index in [0.29, 0.717) is 26.2 Å². The third-order valence-electron chi connectivity index (χ3n) is 3.57. The predicted molar refractivity (Wildman–Crippen MR) is 90.0 cm³/mol. The number of nitrogens with zero attached hydrogens (tertiary/aromatic N) is 2. The SMILES string of the molecule is CCN(CC)OC(N(CC)CC)C(CO)(CO)CO.NP(O)O. The van der Waals surface area contributed by atoms with Gasteiger partial charge in [0.15, 0.2) is 0 Å². The lowest BCUT2D eigenvalue weighted by Gasteiger charge is -2.43. The Kier molecular flexibility index (Phi) is 15.9. The van der Waals surface area contributed by atoms with Crippen molar-refractivity contribution in [3.8, 4) is 0 Å². The lowest BCUT2D eigenvalue weighted by molar-refractivity contribution is -0.287. The average molecular weight is 359 g/mol. The minimum Gasteiger partial charge on any atom is -0.395 e. The molecule has 0 fully saturated rings. The first-order valence-corrected chi connectivity index (χ1v) is 9.04. The van der Waals surface area contributed by atoms with Crippen LogP contribution in [0.15, 0.2) is 0 Å². The molecule has 0 aliphatic rings. The van der Waals surface area contributed by atoms with Crippen LogP contribution < -0.4 is 5.50 Å². The molecule has 0 aromatic rings. The molecule has 23 heavy (non-hydrogen) atoms. The van der Waals surface area contributed by atoms with Crippen LogP contribution in [0.4, 0.5) is 0 Å². The van der Waals surface area contributed by atoms with Gasteiger partial charge in [0, 0.05) is 13.1 Å². The average Bonchev–Trinajstić information content (AvgIpc) is 2.54. The molecule has 0 amide bonds. The summed E-state index contributed by atoms with van der Waals surface area (Å²) in [6.07, 6.45) is -0.553. The number of nitrogens with two attached hydrogens (primary N) is 1. The van der Waals surface area contributed by atoms with E-state index in [2.05, 4.69) is 5.50 Å². The largest absolute Gasteiger partial charge is 0.395 e. The first kappa shape index (κ1) is 25.3. The van der Waals surface area contributed by atoms with Gasteiger partial charge in [-0.15, -0.1) is 0 Å². The van der Waals surface area contributed by atoms with Crippen molar-refractivity contribution in [3.05, 3.63) is 0 Å². The van der Waals surface area contributed by atoms with E-state index in [4.69, 9.17) is 14.6 Å².